The summed E-state index contributed by atoms with van der Waals surface area (Å²) in [6.45, 7) is 0. The minimum Gasteiger partial charge on any atom is -0.370 e. The molecule has 0 bridgehead atoms. The molecular formula is C17H19N5OS. The van der Waals surface area contributed by atoms with E-state index < -0.39 is 0 Å². The normalized spacial score (nSPS) is 17.2. The molecule has 0 unspecified atom stereocenters. The minimum atomic E-state index is -0.292. The van der Waals surface area contributed by atoms with Crippen molar-refractivity contribution in [1.29, 1.82) is 0 Å². The fraction of sp³-hybridized carbons (Fsp3) is 0.353. The number of nitrogens with one attached hydrogen (secondary N) is 1. The van der Waals surface area contributed by atoms with Gasteiger partial charge in [-0.05, 0) is 36.5 Å². The second kappa shape index (κ2) is 5.98. The molecule has 0 radical (unpaired) electrons. The van der Waals surface area contributed by atoms with E-state index in [4.69, 9.17) is 5.73 Å². The first-order chi connectivity index (χ1) is 11.7. The van der Waals surface area contributed by atoms with E-state index in [1.807, 2.05) is 47.2 Å². The number of fused-ring (bicyclic) bond motifs is 1. The summed E-state index contributed by atoms with van der Waals surface area (Å²) in [5.74, 6) is 1.79. The van der Waals surface area contributed by atoms with Gasteiger partial charge in [-0.3, -0.25) is 9.48 Å². The van der Waals surface area contributed by atoms with Gasteiger partial charge >= 0.3 is 0 Å². The third-order valence-electron chi connectivity index (χ3n) is 4.76. The molecule has 0 spiro atoms. The summed E-state index contributed by atoms with van der Waals surface area (Å²) in [4.78, 5) is 19.1. The van der Waals surface area contributed by atoms with Gasteiger partial charge in [0.25, 0.3) is 0 Å². The van der Waals surface area contributed by atoms with E-state index in [1.54, 1.807) is 6.20 Å². The number of H-pyrrole nitrogens is 1. The molecule has 0 aliphatic carbocycles. The molecule has 4 heterocycles. The Balaban J connectivity index is 1.74. The Labute approximate surface area is 143 Å². The lowest BCUT2D eigenvalue weighted by Crippen LogP contribution is -2.41. The smallest absolute Gasteiger partial charge is 0.219 e. The van der Waals surface area contributed by atoms with Crippen LogP contribution in [-0.2, 0) is 10.3 Å². The van der Waals surface area contributed by atoms with Crippen molar-refractivity contribution in [3.8, 4) is 11.1 Å². The van der Waals surface area contributed by atoms with Crippen molar-refractivity contribution in [2.75, 3.05) is 11.5 Å². The van der Waals surface area contributed by atoms with Crippen molar-refractivity contribution in [3.63, 3.8) is 0 Å². The van der Waals surface area contributed by atoms with Crippen LogP contribution < -0.4 is 5.73 Å². The number of aromatic nitrogens is 4. The Hall–Kier alpha value is -2.28. The van der Waals surface area contributed by atoms with Crippen LogP contribution in [0.3, 0.4) is 0 Å². The highest BCUT2D eigenvalue weighted by molar-refractivity contribution is 7.99. The van der Waals surface area contributed by atoms with E-state index in [0.29, 0.717) is 6.42 Å². The van der Waals surface area contributed by atoms with Crippen molar-refractivity contribution in [3.05, 3.63) is 36.9 Å². The highest BCUT2D eigenvalue weighted by Crippen LogP contribution is 2.37. The molecule has 1 aliphatic heterocycles. The lowest BCUT2D eigenvalue weighted by atomic mass is 9.88. The fourth-order valence-electron chi connectivity index (χ4n) is 3.48. The summed E-state index contributed by atoms with van der Waals surface area (Å²) >= 11 is 1.92. The first kappa shape index (κ1) is 15.3. The molecule has 3 aromatic rings. The SMILES string of the molecule is NC(=O)CC1(n2cc(-c3c[nH]c4ncccc34)cn2)CCSCC1. The number of rotatable bonds is 4. The number of pyridine rings is 1. The lowest BCUT2D eigenvalue weighted by Gasteiger charge is -2.36. The maximum atomic E-state index is 11.6. The molecule has 0 saturated carbocycles. The first-order valence-corrected chi connectivity index (χ1v) is 9.17. The Morgan fingerprint density at radius 1 is 1.42 bits per heavy atom. The highest BCUT2D eigenvalue weighted by Gasteiger charge is 2.36. The summed E-state index contributed by atoms with van der Waals surface area (Å²) in [6, 6.07) is 3.97. The summed E-state index contributed by atoms with van der Waals surface area (Å²) in [5, 5.41) is 5.66. The van der Waals surface area contributed by atoms with E-state index in [0.717, 1.165) is 46.5 Å². The maximum Gasteiger partial charge on any atom is 0.219 e. The number of carbonyl (C=O) groups excluding carboxylic acids is 1. The predicted molar refractivity (Wildman–Crippen MR) is 95.7 cm³/mol. The molecule has 3 N–H and O–H groups in total. The number of carbonyl (C=O) groups is 1. The fourth-order valence-corrected chi connectivity index (χ4v) is 4.73. The van der Waals surface area contributed by atoms with Gasteiger partial charge in [-0.25, -0.2) is 4.98 Å². The summed E-state index contributed by atoms with van der Waals surface area (Å²) in [5.41, 5.74) is 8.19. The van der Waals surface area contributed by atoms with E-state index in [-0.39, 0.29) is 11.4 Å². The van der Waals surface area contributed by atoms with Gasteiger partial charge in [0.05, 0.1) is 18.2 Å². The van der Waals surface area contributed by atoms with Gasteiger partial charge in [0.2, 0.25) is 5.91 Å². The summed E-state index contributed by atoms with van der Waals surface area (Å²) in [6.07, 6.45) is 9.79. The van der Waals surface area contributed by atoms with E-state index in [2.05, 4.69) is 15.1 Å². The quantitative estimate of drug-likeness (QED) is 0.763. The number of aromatic amines is 1. The number of nitrogens with zero attached hydrogens (tertiary/aromatic N) is 3. The third kappa shape index (κ3) is 2.58. The lowest BCUT2D eigenvalue weighted by molar-refractivity contribution is -0.120. The van der Waals surface area contributed by atoms with Crippen LogP contribution in [0, 0.1) is 0 Å². The Bertz CT molecular complexity index is 878. The third-order valence-corrected chi connectivity index (χ3v) is 5.74. The highest BCUT2D eigenvalue weighted by atomic mass is 32.2. The molecule has 4 rings (SSSR count). The monoisotopic (exact) mass is 341 g/mol. The van der Waals surface area contributed by atoms with Crippen LogP contribution in [0.1, 0.15) is 19.3 Å². The van der Waals surface area contributed by atoms with Crippen LogP contribution in [0.4, 0.5) is 0 Å². The molecule has 3 aromatic heterocycles. The Morgan fingerprint density at radius 2 is 2.25 bits per heavy atom. The molecule has 1 amide bonds. The molecular weight excluding hydrogens is 322 g/mol. The molecule has 1 fully saturated rings. The summed E-state index contributed by atoms with van der Waals surface area (Å²) in [7, 11) is 0. The average Bonchev–Trinajstić information content (AvgIpc) is 3.22. The van der Waals surface area contributed by atoms with Crippen LogP contribution in [0.15, 0.2) is 36.9 Å². The Kier molecular flexibility index (Phi) is 3.80. The molecule has 24 heavy (non-hydrogen) atoms. The van der Waals surface area contributed by atoms with Crippen molar-refractivity contribution in [2.45, 2.75) is 24.8 Å². The molecule has 7 heteroatoms. The van der Waals surface area contributed by atoms with Crippen LogP contribution in [-0.4, -0.2) is 37.2 Å². The molecule has 124 valence electrons. The average molecular weight is 341 g/mol. The second-order valence-corrected chi connectivity index (χ2v) is 7.48. The van der Waals surface area contributed by atoms with Gasteiger partial charge in [0.15, 0.2) is 0 Å². The van der Waals surface area contributed by atoms with Crippen molar-refractivity contribution >= 4 is 28.7 Å². The van der Waals surface area contributed by atoms with Crippen molar-refractivity contribution in [2.24, 2.45) is 5.73 Å². The van der Waals surface area contributed by atoms with Gasteiger partial charge in [-0.1, -0.05) is 0 Å². The van der Waals surface area contributed by atoms with Gasteiger partial charge < -0.3 is 10.7 Å². The van der Waals surface area contributed by atoms with Crippen LogP contribution >= 0.6 is 11.8 Å². The van der Waals surface area contributed by atoms with Gasteiger partial charge in [-0.15, -0.1) is 0 Å². The van der Waals surface area contributed by atoms with Crippen LogP contribution in [0.25, 0.3) is 22.2 Å². The second-order valence-electron chi connectivity index (χ2n) is 6.26. The van der Waals surface area contributed by atoms with E-state index >= 15 is 0 Å². The topological polar surface area (TPSA) is 89.6 Å². The maximum absolute atomic E-state index is 11.6. The van der Waals surface area contributed by atoms with Crippen LogP contribution in [0.5, 0.6) is 0 Å². The number of thioether (sulfide) groups is 1. The number of hydrogen-bond donors (Lipinski definition) is 2. The number of nitrogens with two attached hydrogens (primary N) is 1. The van der Waals surface area contributed by atoms with Gasteiger partial charge in [-0.2, -0.15) is 16.9 Å². The number of primary amides is 1. The molecule has 1 saturated heterocycles. The summed E-state index contributed by atoms with van der Waals surface area (Å²) < 4.78 is 1.96. The van der Waals surface area contributed by atoms with Gasteiger partial charge in [0.1, 0.15) is 5.65 Å². The molecule has 1 aliphatic rings. The van der Waals surface area contributed by atoms with Gasteiger partial charge in [0, 0.05) is 35.1 Å². The predicted octanol–water partition coefficient (Wildman–Crippen LogP) is 2.52. The van der Waals surface area contributed by atoms with Crippen molar-refractivity contribution < 1.29 is 4.79 Å². The zero-order valence-electron chi connectivity index (χ0n) is 13.2. The molecule has 0 atom stereocenters. The largest absolute Gasteiger partial charge is 0.370 e. The number of hydrogen-bond acceptors (Lipinski definition) is 4. The first-order valence-electron chi connectivity index (χ1n) is 8.02. The zero-order chi connectivity index (χ0) is 16.6. The number of amides is 1. The van der Waals surface area contributed by atoms with Crippen molar-refractivity contribution in [1.82, 2.24) is 19.7 Å². The van der Waals surface area contributed by atoms with E-state index in [1.165, 1.54) is 0 Å². The van der Waals surface area contributed by atoms with E-state index in [9.17, 15) is 4.79 Å². The standard InChI is InChI=1S/C17H19N5OS/c18-15(23)8-17(3-6-24-7-4-17)22-11-12(9-21-22)14-10-20-16-13(14)2-1-5-19-16/h1-2,5,9-11H,3-4,6-8H2,(H2,18,23)(H,19,20). The Morgan fingerprint density at radius 3 is 3.04 bits per heavy atom. The minimum absolute atomic E-state index is 0.268. The molecule has 6 nitrogen and oxygen atoms in total. The zero-order valence-corrected chi connectivity index (χ0v) is 14.1. The molecule has 0 aromatic carbocycles. The van der Waals surface area contributed by atoms with Crippen LogP contribution in [0.2, 0.25) is 0 Å².